The Labute approximate surface area is 157 Å². The van der Waals surface area contributed by atoms with Gasteiger partial charge in [0.05, 0.1) is 5.92 Å². The van der Waals surface area contributed by atoms with Crippen molar-refractivity contribution in [1.82, 2.24) is 24.5 Å². The number of rotatable bonds is 2. The standard InChI is InChI=1S/C20H22N6O/c1-14-10-18(26-20(23-14)21-13-22-26)24-8-7-17(12-24)19(27)25-9-6-15-4-2-3-5-16(15)11-25/h2-5,10,13,17H,6-9,11-12H2,1H3. The maximum Gasteiger partial charge on any atom is 0.254 e. The average molecular weight is 362 g/mol. The maximum atomic E-state index is 13.1. The lowest BCUT2D eigenvalue weighted by molar-refractivity contribution is -0.135. The van der Waals surface area contributed by atoms with Gasteiger partial charge in [-0.2, -0.15) is 14.6 Å². The van der Waals surface area contributed by atoms with Crippen LogP contribution in [0.2, 0.25) is 0 Å². The van der Waals surface area contributed by atoms with Gasteiger partial charge in [0.1, 0.15) is 12.1 Å². The van der Waals surface area contributed by atoms with Crippen LogP contribution < -0.4 is 4.90 Å². The number of aryl methyl sites for hydroxylation is 1. The van der Waals surface area contributed by atoms with Gasteiger partial charge in [-0.05, 0) is 30.9 Å². The Morgan fingerprint density at radius 2 is 2.04 bits per heavy atom. The van der Waals surface area contributed by atoms with Gasteiger partial charge in [0.2, 0.25) is 5.91 Å². The van der Waals surface area contributed by atoms with Gasteiger partial charge in [0, 0.05) is 37.9 Å². The number of aromatic nitrogens is 4. The van der Waals surface area contributed by atoms with Crippen molar-refractivity contribution in [1.29, 1.82) is 0 Å². The summed E-state index contributed by atoms with van der Waals surface area (Å²) in [6, 6.07) is 10.5. The Morgan fingerprint density at radius 1 is 1.19 bits per heavy atom. The summed E-state index contributed by atoms with van der Waals surface area (Å²) in [5.41, 5.74) is 3.56. The molecule has 1 aromatic carbocycles. The van der Waals surface area contributed by atoms with E-state index in [2.05, 4.69) is 44.2 Å². The molecule has 1 amide bonds. The molecule has 7 heteroatoms. The Balaban J connectivity index is 1.33. The van der Waals surface area contributed by atoms with Crippen LogP contribution in [0.4, 0.5) is 5.82 Å². The summed E-state index contributed by atoms with van der Waals surface area (Å²) in [5.74, 6) is 1.87. The van der Waals surface area contributed by atoms with E-state index >= 15 is 0 Å². The highest BCUT2D eigenvalue weighted by molar-refractivity contribution is 5.80. The SMILES string of the molecule is Cc1cc(N2CCC(C(=O)N3CCc4ccccc4C3)C2)n2ncnc2n1. The third-order valence-electron chi connectivity index (χ3n) is 5.66. The second-order valence-corrected chi connectivity index (χ2v) is 7.44. The van der Waals surface area contributed by atoms with Crippen molar-refractivity contribution in [3.8, 4) is 0 Å². The van der Waals surface area contributed by atoms with Crippen molar-refractivity contribution < 1.29 is 4.79 Å². The molecule has 5 rings (SSSR count). The van der Waals surface area contributed by atoms with Crippen LogP contribution in [-0.2, 0) is 17.8 Å². The predicted octanol–water partition coefficient (Wildman–Crippen LogP) is 1.84. The number of anilines is 1. The summed E-state index contributed by atoms with van der Waals surface area (Å²) in [4.78, 5) is 26.0. The quantitative estimate of drug-likeness (QED) is 0.696. The van der Waals surface area contributed by atoms with Crippen LogP contribution in [0.5, 0.6) is 0 Å². The molecule has 1 unspecified atom stereocenters. The summed E-state index contributed by atoms with van der Waals surface area (Å²) < 4.78 is 1.76. The Morgan fingerprint density at radius 3 is 2.93 bits per heavy atom. The minimum absolute atomic E-state index is 0.0299. The molecular formula is C20H22N6O. The van der Waals surface area contributed by atoms with Crippen LogP contribution in [0, 0.1) is 12.8 Å². The van der Waals surface area contributed by atoms with E-state index in [0.717, 1.165) is 50.5 Å². The Bertz CT molecular complexity index is 1010. The normalized spacial score (nSPS) is 19.5. The molecule has 7 nitrogen and oxygen atoms in total. The van der Waals surface area contributed by atoms with E-state index in [-0.39, 0.29) is 11.8 Å². The van der Waals surface area contributed by atoms with Crippen molar-refractivity contribution in [2.45, 2.75) is 26.3 Å². The molecule has 3 aromatic rings. The van der Waals surface area contributed by atoms with Crippen LogP contribution in [0.25, 0.3) is 5.78 Å². The summed E-state index contributed by atoms with van der Waals surface area (Å²) >= 11 is 0. The topological polar surface area (TPSA) is 66.6 Å². The third kappa shape index (κ3) is 2.83. The first-order valence-electron chi connectivity index (χ1n) is 9.47. The van der Waals surface area contributed by atoms with Gasteiger partial charge in [-0.25, -0.2) is 4.98 Å². The van der Waals surface area contributed by atoms with Gasteiger partial charge in [-0.1, -0.05) is 24.3 Å². The number of carbonyl (C=O) groups is 1. The maximum absolute atomic E-state index is 13.1. The number of hydrogen-bond donors (Lipinski definition) is 0. The summed E-state index contributed by atoms with van der Waals surface area (Å²) in [6.07, 6.45) is 3.34. The van der Waals surface area contributed by atoms with Crippen LogP contribution >= 0.6 is 0 Å². The Hall–Kier alpha value is -2.96. The highest BCUT2D eigenvalue weighted by atomic mass is 16.2. The van der Waals surface area contributed by atoms with Gasteiger partial charge in [0.15, 0.2) is 0 Å². The number of nitrogens with zero attached hydrogens (tertiary/aromatic N) is 6. The van der Waals surface area contributed by atoms with Crippen LogP contribution in [0.15, 0.2) is 36.7 Å². The molecule has 0 spiro atoms. The molecule has 2 aromatic heterocycles. The monoisotopic (exact) mass is 362 g/mol. The largest absolute Gasteiger partial charge is 0.356 e. The van der Waals surface area contributed by atoms with Crippen LogP contribution in [0.3, 0.4) is 0 Å². The fraction of sp³-hybridized carbons (Fsp3) is 0.400. The van der Waals surface area contributed by atoms with E-state index in [1.54, 1.807) is 4.52 Å². The number of carbonyl (C=O) groups excluding carboxylic acids is 1. The van der Waals surface area contributed by atoms with Gasteiger partial charge < -0.3 is 9.80 Å². The van der Waals surface area contributed by atoms with Gasteiger partial charge in [0.25, 0.3) is 5.78 Å². The van der Waals surface area contributed by atoms with E-state index in [1.807, 2.05) is 17.9 Å². The molecule has 138 valence electrons. The lowest BCUT2D eigenvalue weighted by Gasteiger charge is -2.31. The molecule has 0 radical (unpaired) electrons. The first-order chi connectivity index (χ1) is 13.2. The van der Waals surface area contributed by atoms with Crippen molar-refractivity contribution >= 4 is 17.5 Å². The van der Waals surface area contributed by atoms with Crippen LogP contribution in [-0.4, -0.2) is 50.0 Å². The number of benzene rings is 1. The average Bonchev–Trinajstić information content (AvgIpc) is 3.36. The van der Waals surface area contributed by atoms with Crippen LogP contribution in [0.1, 0.15) is 23.2 Å². The lowest BCUT2D eigenvalue weighted by Crippen LogP contribution is -2.40. The first-order valence-corrected chi connectivity index (χ1v) is 9.47. The van der Waals surface area contributed by atoms with Crippen molar-refractivity contribution in [2.24, 2.45) is 5.92 Å². The summed E-state index contributed by atoms with van der Waals surface area (Å²) in [6.45, 7) is 5.07. The minimum atomic E-state index is 0.0299. The second kappa shape index (κ2) is 6.33. The zero-order valence-corrected chi connectivity index (χ0v) is 15.4. The van der Waals surface area contributed by atoms with Gasteiger partial charge in [-0.3, -0.25) is 4.79 Å². The zero-order chi connectivity index (χ0) is 18.4. The number of hydrogen-bond acceptors (Lipinski definition) is 5. The van der Waals surface area contributed by atoms with Gasteiger partial charge in [-0.15, -0.1) is 0 Å². The molecule has 27 heavy (non-hydrogen) atoms. The van der Waals surface area contributed by atoms with Gasteiger partial charge >= 0.3 is 0 Å². The van der Waals surface area contributed by atoms with E-state index in [4.69, 9.17) is 0 Å². The van der Waals surface area contributed by atoms with Crippen molar-refractivity contribution in [3.63, 3.8) is 0 Å². The fourth-order valence-electron chi connectivity index (χ4n) is 4.25. The number of fused-ring (bicyclic) bond motifs is 2. The molecule has 2 aliphatic heterocycles. The minimum Gasteiger partial charge on any atom is -0.356 e. The molecule has 1 atom stereocenters. The van der Waals surface area contributed by atoms with E-state index in [1.165, 1.54) is 17.5 Å². The second-order valence-electron chi connectivity index (χ2n) is 7.44. The van der Waals surface area contributed by atoms with Crippen molar-refractivity contribution in [2.75, 3.05) is 24.5 Å². The molecule has 0 saturated carbocycles. The predicted molar refractivity (Wildman–Crippen MR) is 101 cm³/mol. The lowest BCUT2D eigenvalue weighted by atomic mass is 9.98. The molecule has 0 aliphatic carbocycles. The molecule has 0 bridgehead atoms. The molecule has 4 heterocycles. The van der Waals surface area contributed by atoms with E-state index in [9.17, 15) is 4.79 Å². The Kier molecular flexibility index (Phi) is 3.81. The highest BCUT2D eigenvalue weighted by Crippen LogP contribution is 2.27. The van der Waals surface area contributed by atoms with E-state index in [0.29, 0.717) is 5.78 Å². The zero-order valence-electron chi connectivity index (χ0n) is 15.4. The molecule has 1 fully saturated rings. The fourth-order valence-corrected chi connectivity index (χ4v) is 4.25. The molecule has 2 aliphatic rings. The molecule has 1 saturated heterocycles. The van der Waals surface area contributed by atoms with E-state index < -0.39 is 0 Å². The molecule has 0 N–H and O–H groups in total. The molecular weight excluding hydrogens is 340 g/mol. The third-order valence-corrected chi connectivity index (χ3v) is 5.66. The summed E-state index contributed by atoms with van der Waals surface area (Å²) in [7, 11) is 0. The smallest absolute Gasteiger partial charge is 0.254 e. The highest BCUT2D eigenvalue weighted by Gasteiger charge is 2.33. The van der Waals surface area contributed by atoms with Crippen molar-refractivity contribution in [3.05, 3.63) is 53.5 Å². The number of amides is 1. The summed E-state index contributed by atoms with van der Waals surface area (Å²) in [5, 5.41) is 4.30. The first kappa shape index (κ1) is 16.2.